The zero-order valence-electron chi connectivity index (χ0n) is 12.2. The summed E-state index contributed by atoms with van der Waals surface area (Å²) < 4.78 is 5.21. The van der Waals surface area contributed by atoms with Crippen molar-refractivity contribution in [3.05, 3.63) is 71.7 Å². The van der Waals surface area contributed by atoms with Crippen LogP contribution >= 0.6 is 0 Å². The Kier molecular flexibility index (Phi) is 3.96. The smallest absolute Gasteiger partial charge is 0.257 e. The van der Waals surface area contributed by atoms with Gasteiger partial charge in [0, 0.05) is 23.7 Å². The molecular weight excluding hydrogens is 278 g/mol. The second-order valence-electron chi connectivity index (χ2n) is 4.92. The van der Waals surface area contributed by atoms with E-state index in [0.717, 1.165) is 11.1 Å². The number of carbonyl (C=O) groups is 1. The fraction of sp³-hybridized carbons (Fsp3) is 0.118. The van der Waals surface area contributed by atoms with E-state index in [1.165, 1.54) is 0 Å². The molecular formula is C17H16N3O2+. The van der Waals surface area contributed by atoms with Gasteiger partial charge >= 0.3 is 0 Å². The SMILES string of the molecule is Cc1onc(-c2ccccc2)c1C(=O)NCc1ccc[nH+]c1. The minimum absolute atomic E-state index is 0.193. The van der Waals surface area contributed by atoms with E-state index in [1.54, 1.807) is 6.92 Å². The maximum absolute atomic E-state index is 12.5. The first kappa shape index (κ1) is 14.0. The minimum atomic E-state index is -0.193. The van der Waals surface area contributed by atoms with Gasteiger partial charge in [0.15, 0.2) is 12.4 Å². The van der Waals surface area contributed by atoms with Crippen molar-refractivity contribution in [2.75, 3.05) is 0 Å². The molecule has 0 aliphatic rings. The van der Waals surface area contributed by atoms with Crippen LogP contribution in [0.15, 0.2) is 59.4 Å². The van der Waals surface area contributed by atoms with Gasteiger partial charge in [0.2, 0.25) is 0 Å². The summed E-state index contributed by atoms with van der Waals surface area (Å²) in [6, 6.07) is 13.4. The predicted molar refractivity (Wildman–Crippen MR) is 80.8 cm³/mol. The van der Waals surface area contributed by atoms with E-state index in [1.807, 2.05) is 54.9 Å². The molecule has 2 heterocycles. The molecule has 1 amide bonds. The van der Waals surface area contributed by atoms with E-state index in [0.29, 0.717) is 23.6 Å². The van der Waals surface area contributed by atoms with Crippen molar-refractivity contribution < 1.29 is 14.3 Å². The standard InChI is InChI=1S/C17H15N3O2/c1-12-15(16(20-22-12)14-7-3-2-4-8-14)17(21)19-11-13-6-5-9-18-10-13/h2-10H,11H2,1H3,(H,19,21)/p+1. The van der Waals surface area contributed by atoms with Crippen LogP contribution in [0.2, 0.25) is 0 Å². The Bertz CT molecular complexity index is 767. The zero-order chi connectivity index (χ0) is 15.4. The van der Waals surface area contributed by atoms with Crippen LogP contribution in [0.1, 0.15) is 21.7 Å². The number of aryl methyl sites for hydroxylation is 1. The third kappa shape index (κ3) is 2.88. The van der Waals surface area contributed by atoms with Gasteiger partial charge < -0.3 is 9.84 Å². The lowest BCUT2D eigenvalue weighted by atomic mass is 10.1. The van der Waals surface area contributed by atoms with Gasteiger partial charge in [0.25, 0.3) is 5.91 Å². The average Bonchev–Trinajstić information content (AvgIpc) is 2.96. The number of aromatic amines is 1. The number of nitrogens with zero attached hydrogens (tertiary/aromatic N) is 1. The van der Waals surface area contributed by atoms with Gasteiger partial charge in [-0.3, -0.25) is 4.79 Å². The van der Waals surface area contributed by atoms with Crippen LogP contribution in [-0.2, 0) is 6.54 Å². The molecule has 110 valence electrons. The lowest BCUT2D eigenvalue weighted by Gasteiger charge is -2.04. The number of pyridine rings is 1. The predicted octanol–water partition coefficient (Wildman–Crippen LogP) is 2.39. The third-order valence-electron chi connectivity index (χ3n) is 3.36. The first-order valence-electron chi connectivity index (χ1n) is 7.00. The summed E-state index contributed by atoms with van der Waals surface area (Å²) in [5.74, 6) is 0.317. The number of rotatable bonds is 4. The van der Waals surface area contributed by atoms with Crippen molar-refractivity contribution in [1.29, 1.82) is 0 Å². The Morgan fingerprint density at radius 1 is 1.23 bits per heavy atom. The molecule has 0 aliphatic heterocycles. The summed E-state index contributed by atoms with van der Waals surface area (Å²) in [7, 11) is 0. The number of amides is 1. The van der Waals surface area contributed by atoms with Crippen LogP contribution in [0.3, 0.4) is 0 Å². The van der Waals surface area contributed by atoms with Crippen molar-refractivity contribution in [2.45, 2.75) is 13.5 Å². The fourth-order valence-corrected chi connectivity index (χ4v) is 2.24. The van der Waals surface area contributed by atoms with Crippen molar-refractivity contribution in [1.82, 2.24) is 10.5 Å². The minimum Gasteiger partial charge on any atom is -0.360 e. The summed E-state index contributed by atoms with van der Waals surface area (Å²) >= 11 is 0. The summed E-state index contributed by atoms with van der Waals surface area (Å²) in [5.41, 5.74) is 2.89. The van der Waals surface area contributed by atoms with Crippen LogP contribution < -0.4 is 10.3 Å². The van der Waals surface area contributed by atoms with Gasteiger partial charge in [-0.15, -0.1) is 0 Å². The van der Waals surface area contributed by atoms with Crippen LogP contribution in [-0.4, -0.2) is 11.1 Å². The van der Waals surface area contributed by atoms with E-state index in [-0.39, 0.29) is 5.91 Å². The molecule has 0 fully saturated rings. The molecule has 0 saturated carbocycles. The molecule has 22 heavy (non-hydrogen) atoms. The molecule has 5 nitrogen and oxygen atoms in total. The Morgan fingerprint density at radius 3 is 2.77 bits per heavy atom. The Labute approximate surface area is 128 Å². The number of aromatic nitrogens is 2. The van der Waals surface area contributed by atoms with Gasteiger partial charge in [0.05, 0.1) is 0 Å². The fourth-order valence-electron chi connectivity index (χ4n) is 2.24. The lowest BCUT2D eigenvalue weighted by molar-refractivity contribution is -0.378. The molecule has 0 aliphatic carbocycles. The lowest BCUT2D eigenvalue weighted by Crippen LogP contribution is -2.24. The Balaban J connectivity index is 1.82. The van der Waals surface area contributed by atoms with Crippen molar-refractivity contribution in [3.63, 3.8) is 0 Å². The van der Waals surface area contributed by atoms with E-state index in [9.17, 15) is 4.79 Å². The highest BCUT2D eigenvalue weighted by atomic mass is 16.5. The van der Waals surface area contributed by atoms with Crippen LogP contribution in [0.5, 0.6) is 0 Å². The van der Waals surface area contributed by atoms with Gasteiger partial charge in [0.1, 0.15) is 17.0 Å². The monoisotopic (exact) mass is 294 g/mol. The van der Waals surface area contributed by atoms with Gasteiger partial charge in [-0.2, -0.15) is 0 Å². The second kappa shape index (κ2) is 6.22. The van der Waals surface area contributed by atoms with Gasteiger partial charge in [-0.05, 0) is 13.0 Å². The molecule has 0 unspecified atom stereocenters. The van der Waals surface area contributed by atoms with Crippen molar-refractivity contribution >= 4 is 5.91 Å². The molecule has 5 heteroatoms. The average molecular weight is 294 g/mol. The summed E-state index contributed by atoms with van der Waals surface area (Å²) in [6.07, 6.45) is 3.67. The first-order valence-corrected chi connectivity index (χ1v) is 7.00. The highest BCUT2D eigenvalue weighted by Gasteiger charge is 2.21. The maximum atomic E-state index is 12.5. The Hall–Kier alpha value is -2.95. The largest absolute Gasteiger partial charge is 0.360 e. The molecule has 0 saturated heterocycles. The molecule has 0 bridgehead atoms. The van der Waals surface area contributed by atoms with Gasteiger partial charge in [-0.1, -0.05) is 35.5 Å². The van der Waals surface area contributed by atoms with Crippen LogP contribution in [0, 0.1) is 6.92 Å². The number of hydrogen-bond acceptors (Lipinski definition) is 3. The van der Waals surface area contributed by atoms with E-state index in [2.05, 4.69) is 15.5 Å². The van der Waals surface area contributed by atoms with E-state index >= 15 is 0 Å². The molecule has 3 rings (SSSR count). The quantitative estimate of drug-likeness (QED) is 0.803. The zero-order valence-corrected chi connectivity index (χ0v) is 12.2. The first-order chi connectivity index (χ1) is 10.8. The van der Waals surface area contributed by atoms with E-state index in [4.69, 9.17) is 4.52 Å². The van der Waals surface area contributed by atoms with Crippen molar-refractivity contribution in [3.8, 4) is 11.3 Å². The highest BCUT2D eigenvalue weighted by Crippen LogP contribution is 2.24. The van der Waals surface area contributed by atoms with Crippen molar-refractivity contribution in [2.24, 2.45) is 0 Å². The summed E-state index contributed by atoms with van der Waals surface area (Å²) in [4.78, 5) is 15.5. The summed E-state index contributed by atoms with van der Waals surface area (Å²) in [6.45, 7) is 2.18. The molecule has 0 spiro atoms. The number of carbonyl (C=O) groups excluding carboxylic acids is 1. The molecule has 1 aromatic carbocycles. The normalized spacial score (nSPS) is 10.4. The van der Waals surface area contributed by atoms with Crippen LogP contribution in [0.4, 0.5) is 0 Å². The van der Waals surface area contributed by atoms with Crippen LogP contribution in [0.25, 0.3) is 11.3 Å². The molecule has 2 aromatic heterocycles. The maximum Gasteiger partial charge on any atom is 0.257 e. The topological polar surface area (TPSA) is 69.3 Å². The number of H-pyrrole nitrogens is 1. The highest BCUT2D eigenvalue weighted by molar-refractivity contribution is 6.00. The molecule has 2 N–H and O–H groups in total. The summed E-state index contributed by atoms with van der Waals surface area (Å²) in [5, 5.41) is 6.91. The Morgan fingerprint density at radius 2 is 2.05 bits per heavy atom. The van der Waals surface area contributed by atoms with Gasteiger partial charge in [-0.25, -0.2) is 4.98 Å². The number of hydrogen-bond donors (Lipinski definition) is 1. The number of benzene rings is 1. The number of nitrogens with one attached hydrogen (secondary N) is 2. The molecule has 3 aromatic rings. The van der Waals surface area contributed by atoms with E-state index < -0.39 is 0 Å². The second-order valence-corrected chi connectivity index (χ2v) is 4.92. The molecule has 0 atom stereocenters. The molecule has 0 radical (unpaired) electrons. The third-order valence-corrected chi connectivity index (χ3v) is 3.36.